The molecule has 2 aliphatic heterocycles. The second kappa shape index (κ2) is 11.5. The van der Waals surface area contributed by atoms with E-state index in [9.17, 15) is 19.2 Å². The number of morpholine rings is 1. The maximum atomic E-state index is 12.8. The van der Waals surface area contributed by atoms with Crippen molar-refractivity contribution in [3.63, 3.8) is 0 Å². The van der Waals surface area contributed by atoms with Crippen LogP contribution in [-0.4, -0.2) is 86.0 Å². The van der Waals surface area contributed by atoms with Gasteiger partial charge in [0, 0.05) is 17.6 Å². The Morgan fingerprint density at radius 1 is 1.18 bits per heavy atom. The Morgan fingerprint density at radius 2 is 1.88 bits per heavy atom. The molecular weight excluding hydrogens is 520 g/mol. The third-order valence-electron chi connectivity index (χ3n) is 4.75. The number of thioether (sulfide) groups is 1. The van der Waals surface area contributed by atoms with E-state index in [1.807, 2.05) is 0 Å². The molecule has 0 spiro atoms. The van der Waals surface area contributed by atoms with Gasteiger partial charge in [-0.25, -0.2) is 4.79 Å². The molecule has 3 amide bonds. The predicted molar refractivity (Wildman–Crippen MR) is 123 cm³/mol. The minimum atomic E-state index is -0.544. The van der Waals surface area contributed by atoms with E-state index in [1.165, 1.54) is 7.11 Å². The van der Waals surface area contributed by atoms with Crippen LogP contribution in [0.2, 0.25) is 0 Å². The number of nitrogens with zero attached hydrogens (tertiary/aromatic N) is 2. The van der Waals surface area contributed by atoms with Crippen LogP contribution in [0.25, 0.3) is 6.08 Å². The highest BCUT2D eigenvalue weighted by Crippen LogP contribution is 2.38. The number of carbonyl (C=O) groups is 4. The largest absolute Gasteiger partial charge is 0.490 e. The smallest absolute Gasteiger partial charge is 0.343 e. The summed E-state index contributed by atoms with van der Waals surface area (Å²) in [6.07, 6.45) is 1.54. The van der Waals surface area contributed by atoms with Crippen LogP contribution in [0, 0.1) is 0 Å². The fourth-order valence-corrected chi connectivity index (χ4v) is 4.33. The quantitative estimate of drug-likeness (QED) is 0.360. The highest BCUT2D eigenvalue weighted by molar-refractivity contribution is 9.10. The average molecular weight is 543 g/mol. The van der Waals surface area contributed by atoms with Gasteiger partial charge in [0.25, 0.3) is 11.1 Å². The number of esters is 1. The van der Waals surface area contributed by atoms with Gasteiger partial charge >= 0.3 is 5.97 Å². The number of imide groups is 1. The Balaban J connectivity index is 1.78. The van der Waals surface area contributed by atoms with Crippen molar-refractivity contribution in [3.05, 3.63) is 27.1 Å². The van der Waals surface area contributed by atoms with Gasteiger partial charge in [-0.05, 0) is 42.5 Å². The first-order chi connectivity index (χ1) is 15.8. The molecule has 0 N–H and O–H groups in total. The van der Waals surface area contributed by atoms with Gasteiger partial charge in [-0.1, -0.05) is 15.9 Å². The van der Waals surface area contributed by atoms with E-state index in [2.05, 4.69) is 20.7 Å². The molecule has 0 radical (unpaired) electrons. The molecule has 12 heteroatoms. The standard InChI is InChI=1S/C21H23BrN2O8S/c1-3-31-15-8-13(14(22)10-16(15)32-12-19(26)29-2)9-17-20(27)24(21(28)33-17)11-18(25)23-4-6-30-7-5-23/h8-10H,3-7,11-12H2,1-2H3/b17-9+. The second-order valence-electron chi connectivity index (χ2n) is 6.88. The van der Waals surface area contributed by atoms with Crippen molar-refractivity contribution in [2.24, 2.45) is 0 Å². The zero-order valence-electron chi connectivity index (χ0n) is 18.1. The summed E-state index contributed by atoms with van der Waals surface area (Å²) in [5, 5.41) is -0.507. The lowest BCUT2D eigenvalue weighted by Gasteiger charge is -2.28. The summed E-state index contributed by atoms with van der Waals surface area (Å²) in [5.74, 6) is -0.706. The maximum absolute atomic E-state index is 12.8. The molecule has 0 aromatic heterocycles. The minimum absolute atomic E-state index is 0.182. The molecule has 0 atom stereocenters. The molecule has 3 rings (SSSR count). The molecule has 2 fully saturated rings. The van der Waals surface area contributed by atoms with Gasteiger partial charge in [-0.2, -0.15) is 0 Å². The summed E-state index contributed by atoms with van der Waals surface area (Å²) in [5.41, 5.74) is 0.564. The Labute approximate surface area is 203 Å². The molecular formula is C21H23BrN2O8S. The molecule has 0 unspecified atom stereocenters. The Morgan fingerprint density at radius 3 is 2.55 bits per heavy atom. The predicted octanol–water partition coefficient (Wildman–Crippen LogP) is 2.29. The average Bonchev–Trinajstić information content (AvgIpc) is 3.07. The lowest BCUT2D eigenvalue weighted by atomic mass is 10.1. The number of hydrogen-bond donors (Lipinski definition) is 0. The van der Waals surface area contributed by atoms with Crippen molar-refractivity contribution in [1.29, 1.82) is 0 Å². The first kappa shape index (κ1) is 25.1. The van der Waals surface area contributed by atoms with E-state index in [-0.39, 0.29) is 24.0 Å². The second-order valence-corrected chi connectivity index (χ2v) is 8.73. The van der Waals surface area contributed by atoms with Gasteiger partial charge in [0.05, 0.1) is 31.8 Å². The molecule has 178 valence electrons. The van der Waals surface area contributed by atoms with E-state index < -0.39 is 17.1 Å². The fraction of sp³-hybridized carbons (Fsp3) is 0.429. The molecule has 33 heavy (non-hydrogen) atoms. The van der Waals surface area contributed by atoms with Crippen LogP contribution in [0.15, 0.2) is 21.5 Å². The van der Waals surface area contributed by atoms with Gasteiger partial charge in [0.15, 0.2) is 18.1 Å². The molecule has 0 aliphatic carbocycles. The summed E-state index contributed by atoms with van der Waals surface area (Å²) in [7, 11) is 1.26. The molecule has 2 saturated heterocycles. The topological polar surface area (TPSA) is 112 Å². The lowest BCUT2D eigenvalue weighted by molar-refractivity contribution is -0.143. The summed E-state index contributed by atoms with van der Waals surface area (Å²) in [6, 6.07) is 3.24. The van der Waals surface area contributed by atoms with Crippen LogP contribution in [0.5, 0.6) is 11.5 Å². The summed E-state index contributed by atoms with van der Waals surface area (Å²) < 4.78 is 21.4. The van der Waals surface area contributed by atoms with Crippen molar-refractivity contribution in [3.8, 4) is 11.5 Å². The van der Waals surface area contributed by atoms with Gasteiger partial charge in [-0.15, -0.1) is 0 Å². The van der Waals surface area contributed by atoms with Gasteiger partial charge in [-0.3, -0.25) is 19.3 Å². The zero-order chi connectivity index (χ0) is 24.0. The number of halogens is 1. The van der Waals surface area contributed by atoms with Crippen molar-refractivity contribution in [2.75, 3.05) is 53.2 Å². The molecule has 2 aliphatic rings. The number of benzene rings is 1. The van der Waals surface area contributed by atoms with Crippen LogP contribution in [-0.2, 0) is 23.9 Å². The number of ether oxygens (including phenoxy) is 4. The molecule has 0 bridgehead atoms. The first-order valence-corrected chi connectivity index (χ1v) is 11.7. The Hall–Kier alpha value is -2.57. The number of methoxy groups -OCH3 is 1. The molecule has 1 aromatic rings. The molecule has 0 saturated carbocycles. The Bertz CT molecular complexity index is 977. The number of hydrogen-bond acceptors (Lipinski definition) is 9. The van der Waals surface area contributed by atoms with Gasteiger partial charge in [0.2, 0.25) is 5.91 Å². The van der Waals surface area contributed by atoms with E-state index in [1.54, 1.807) is 30.0 Å². The minimum Gasteiger partial charge on any atom is -0.490 e. The number of rotatable bonds is 8. The monoisotopic (exact) mass is 542 g/mol. The molecule has 2 heterocycles. The SMILES string of the molecule is CCOc1cc(/C=C2/SC(=O)N(CC(=O)N3CCOCC3)C2=O)c(Br)cc1OCC(=O)OC. The van der Waals surface area contributed by atoms with Crippen molar-refractivity contribution in [1.82, 2.24) is 9.80 Å². The first-order valence-electron chi connectivity index (χ1n) is 10.1. The van der Waals surface area contributed by atoms with E-state index in [0.717, 1.165) is 16.7 Å². The normalized spacial score (nSPS) is 17.5. The summed E-state index contributed by atoms with van der Waals surface area (Å²) in [6.45, 7) is 3.27. The van der Waals surface area contributed by atoms with Crippen LogP contribution in [0.4, 0.5) is 4.79 Å². The summed E-state index contributed by atoms with van der Waals surface area (Å²) >= 11 is 4.18. The highest BCUT2D eigenvalue weighted by Gasteiger charge is 2.37. The number of carbonyl (C=O) groups excluding carboxylic acids is 4. The molecule has 1 aromatic carbocycles. The summed E-state index contributed by atoms with van der Waals surface area (Å²) in [4.78, 5) is 51.8. The lowest BCUT2D eigenvalue weighted by Crippen LogP contribution is -2.46. The van der Waals surface area contributed by atoms with Gasteiger partial charge in [0.1, 0.15) is 6.54 Å². The zero-order valence-corrected chi connectivity index (χ0v) is 20.5. The third kappa shape index (κ3) is 6.27. The van der Waals surface area contributed by atoms with E-state index >= 15 is 0 Å². The number of amides is 3. The van der Waals surface area contributed by atoms with E-state index in [0.29, 0.717) is 54.4 Å². The highest BCUT2D eigenvalue weighted by atomic mass is 79.9. The Kier molecular flexibility index (Phi) is 8.75. The van der Waals surface area contributed by atoms with Crippen LogP contribution in [0.3, 0.4) is 0 Å². The van der Waals surface area contributed by atoms with Crippen molar-refractivity contribution in [2.45, 2.75) is 6.92 Å². The van der Waals surface area contributed by atoms with Gasteiger partial charge < -0.3 is 23.8 Å². The third-order valence-corrected chi connectivity index (χ3v) is 6.35. The van der Waals surface area contributed by atoms with E-state index in [4.69, 9.17) is 14.2 Å². The molecule has 10 nitrogen and oxygen atoms in total. The van der Waals surface area contributed by atoms with Crippen LogP contribution in [0.1, 0.15) is 12.5 Å². The van der Waals surface area contributed by atoms with Crippen molar-refractivity contribution >= 4 is 56.8 Å². The fourth-order valence-electron chi connectivity index (χ4n) is 3.06. The van der Waals surface area contributed by atoms with Crippen molar-refractivity contribution < 1.29 is 38.1 Å². The van der Waals surface area contributed by atoms with Crippen LogP contribution < -0.4 is 9.47 Å². The maximum Gasteiger partial charge on any atom is 0.343 e. The van der Waals surface area contributed by atoms with Crippen LogP contribution >= 0.6 is 27.7 Å².